The zero-order valence-electron chi connectivity index (χ0n) is 12.8. The summed E-state index contributed by atoms with van der Waals surface area (Å²) in [6, 6.07) is 3.40. The van der Waals surface area contributed by atoms with Gasteiger partial charge in [0.1, 0.15) is 0 Å². The molecule has 0 saturated heterocycles. The summed E-state index contributed by atoms with van der Waals surface area (Å²) < 4.78 is 28.0. The second kappa shape index (κ2) is 6.19. The standard InChI is InChI=1S/C15H19F2N5O/c1-10-4-7-22(21-10)13-8-12(9-23)19-14(20-13)18-11-2-5-15(16,17)6-3-11/h4,7-8,11,23H,2-3,5-6,9H2,1H3,(H,18,19,20). The van der Waals surface area contributed by atoms with Gasteiger partial charge in [0.05, 0.1) is 18.0 Å². The third-order valence-corrected chi connectivity index (χ3v) is 3.94. The van der Waals surface area contributed by atoms with Crippen LogP contribution in [0, 0.1) is 6.92 Å². The predicted octanol–water partition coefficient (Wildman–Crippen LogP) is 2.45. The van der Waals surface area contributed by atoms with Crippen LogP contribution >= 0.6 is 0 Å². The minimum atomic E-state index is -2.57. The van der Waals surface area contributed by atoms with Gasteiger partial charge in [-0.05, 0) is 25.8 Å². The van der Waals surface area contributed by atoms with E-state index < -0.39 is 5.92 Å². The van der Waals surface area contributed by atoms with Gasteiger partial charge in [-0.2, -0.15) is 10.1 Å². The minimum Gasteiger partial charge on any atom is -0.390 e. The molecule has 0 unspecified atom stereocenters. The Bertz CT molecular complexity index is 678. The highest BCUT2D eigenvalue weighted by Crippen LogP contribution is 2.33. The van der Waals surface area contributed by atoms with Crippen LogP contribution in [0.1, 0.15) is 37.1 Å². The number of nitrogens with zero attached hydrogens (tertiary/aromatic N) is 4. The van der Waals surface area contributed by atoms with E-state index in [2.05, 4.69) is 20.4 Å². The van der Waals surface area contributed by atoms with Gasteiger partial charge in [-0.3, -0.25) is 0 Å². The first-order valence-corrected chi connectivity index (χ1v) is 7.61. The van der Waals surface area contributed by atoms with E-state index in [0.29, 0.717) is 30.3 Å². The van der Waals surface area contributed by atoms with Gasteiger partial charge in [0.2, 0.25) is 11.9 Å². The number of anilines is 1. The van der Waals surface area contributed by atoms with Crippen molar-refractivity contribution in [3.05, 3.63) is 29.7 Å². The molecular weight excluding hydrogens is 304 g/mol. The molecule has 0 atom stereocenters. The van der Waals surface area contributed by atoms with E-state index in [-0.39, 0.29) is 25.5 Å². The number of nitrogens with one attached hydrogen (secondary N) is 1. The van der Waals surface area contributed by atoms with Crippen molar-refractivity contribution in [3.8, 4) is 5.82 Å². The molecule has 0 spiro atoms. The molecule has 0 bridgehead atoms. The first kappa shape index (κ1) is 15.8. The van der Waals surface area contributed by atoms with Gasteiger partial charge in [0.25, 0.3) is 0 Å². The molecule has 124 valence electrons. The molecule has 2 N–H and O–H groups in total. The van der Waals surface area contributed by atoms with E-state index in [0.717, 1.165) is 5.69 Å². The highest BCUT2D eigenvalue weighted by Gasteiger charge is 2.35. The monoisotopic (exact) mass is 323 g/mol. The average molecular weight is 323 g/mol. The molecule has 1 aliphatic carbocycles. The molecule has 1 aliphatic rings. The summed E-state index contributed by atoms with van der Waals surface area (Å²) in [5.74, 6) is -1.71. The maximum atomic E-state index is 13.2. The highest BCUT2D eigenvalue weighted by molar-refractivity contribution is 5.35. The molecule has 2 aromatic heterocycles. The van der Waals surface area contributed by atoms with Crippen molar-refractivity contribution in [1.29, 1.82) is 0 Å². The average Bonchev–Trinajstić information content (AvgIpc) is 2.96. The summed E-state index contributed by atoms with van der Waals surface area (Å²) in [5, 5.41) is 16.7. The summed E-state index contributed by atoms with van der Waals surface area (Å²) in [6.07, 6.45) is 2.25. The second-order valence-electron chi connectivity index (χ2n) is 5.88. The van der Waals surface area contributed by atoms with Crippen molar-refractivity contribution < 1.29 is 13.9 Å². The molecule has 23 heavy (non-hydrogen) atoms. The van der Waals surface area contributed by atoms with Crippen molar-refractivity contribution in [3.63, 3.8) is 0 Å². The number of aromatic nitrogens is 4. The van der Waals surface area contributed by atoms with E-state index in [9.17, 15) is 13.9 Å². The van der Waals surface area contributed by atoms with Crippen LogP contribution in [0.5, 0.6) is 0 Å². The van der Waals surface area contributed by atoms with Crippen LogP contribution in [0.4, 0.5) is 14.7 Å². The van der Waals surface area contributed by atoms with Gasteiger partial charge in [-0.15, -0.1) is 0 Å². The molecule has 0 aromatic carbocycles. The normalized spacial score (nSPS) is 18.1. The fraction of sp³-hybridized carbons (Fsp3) is 0.533. The predicted molar refractivity (Wildman–Crippen MR) is 80.6 cm³/mol. The molecule has 6 nitrogen and oxygen atoms in total. The Kier molecular flexibility index (Phi) is 4.25. The summed E-state index contributed by atoms with van der Waals surface area (Å²) >= 11 is 0. The molecule has 3 rings (SSSR count). The fourth-order valence-corrected chi connectivity index (χ4v) is 2.66. The molecule has 1 fully saturated rings. The summed E-state index contributed by atoms with van der Waals surface area (Å²) in [4.78, 5) is 8.59. The maximum absolute atomic E-state index is 13.2. The van der Waals surface area contributed by atoms with Crippen LogP contribution in [0.15, 0.2) is 18.3 Å². The van der Waals surface area contributed by atoms with Crippen LogP contribution < -0.4 is 5.32 Å². The van der Waals surface area contributed by atoms with E-state index in [1.54, 1.807) is 16.9 Å². The maximum Gasteiger partial charge on any atom is 0.248 e. The quantitative estimate of drug-likeness (QED) is 0.904. The van der Waals surface area contributed by atoms with E-state index in [1.165, 1.54) is 0 Å². The van der Waals surface area contributed by atoms with Gasteiger partial charge >= 0.3 is 0 Å². The lowest BCUT2D eigenvalue weighted by atomic mass is 9.92. The number of aliphatic hydroxyl groups excluding tert-OH is 1. The van der Waals surface area contributed by atoms with Gasteiger partial charge in [-0.1, -0.05) is 0 Å². The second-order valence-corrected chi connectivity index (χ2v) is 5.88. The summed E-state index contributed by atoms with van der Waals surface area (Å²) in [6.45, 7) is 1.64. The van der Waals surface area contributed by atoms with Gasteiger partial charge in [0, 0.05) is 31.1 Å². The molecular formula is C15H19F2N5O. The number of aryl methyl sites for hydroxylation is 1. The number of aliphatic hydroxyl groups is 1. The van der Waals surface area contributed by atoms with Crippen LogP contribution in [-0.2, 0) is 6.61 Å². The van der Waals surface area contributed by atoms with E-state index >= 15 is 0 Å². The molecule has 2 heterocycles. The van der Waals surface area contributed by atoms with Crippen LogP contribution in [0.2, 0.25) is 0 Å². The Hall–Kier alpha value is -2.09. The zero-order valence-corrected chi connectivity index (χ0v) is 12.8. The minimum absolute atomic E-state index is 0.0872. The topological polar surface area (TPSA) is 75.9 Å². The molecule has 2 aromatic rings. The Morgan fingerprint density at radius 2 is 2.09 bits per heavy atom. The van der Waals surface area contributed by atoms with Gasteiger partial charge in [-0.25, -0.2) is 18.4 Å². The fourth-order valence-electron chi connectivity index (χ4n) is 2.66. The molecule has 0 amide bonds. The number of hydrogen-bond acceptors (Lipinski definition) is 5. The van der Waals surface area contributed by atoms with Crippen molar-refractivity contribution in [2.75, 3.05) is 5.32 Å². The highest BCUT2D eigenvalue weighted by atomic mass is 19.3. The van der Waals surface area contributed by atoms with Crippen LogP contribution in [-0.4, -0.2) is 36.8 Å². The first-order chi connectivity index (χ1) is 10.9. The Labute approximate surface area is 132 Å². The van der Waals surface area contributed by atoms with E-state index in [4.69, 9.17) is 0 Å². The van der Waals surface area contributed by atoms with Gasteiger partial charge < -0.3 is 10.4 Å². The lowest BCUT2D eigenvalue weighted by Gasteiger charge is -2.28. The molecule has 0 radical (unpaired) electrons. The van der Waals surface area contributed by atoms with Crippen LogP contribution in [0.25, 0.3) is 5.82 Å². The molecule has 1 saturated carbocycles. The van der Waals surface area contributed by atoms with Crippen molar-refractivity contribution in [2.24, 2.45) is 0 Å². The number of alkyl halides is 2. The van der Waals surface area contributed by atoms with Crippen molar-refractivity contribution in [2.45, 2.75) is 51.2 Å². The molecule has 8 heteroatoms. The summed E-state index contributed by atoms with van der Waals surface area (Å²) in [7, 11) is 0. The Morgan fingerprint density at radius 1 is 1.35 bits per heavy atom. The largest absolute Gasteiger partial charge is 0.390 e. The van der Waals surface area contributed by atoms with Crippen molar-refractivity contribution >= 4 is 5.95 Å². The molecule has 0 aliphatic heterocycles. The third kappa shape index (κ3) is 3.82. The zero-order chi connectivity index (χ0) is 16.4. The SMILES string of the molecule is Cc1ccn(-c2cc(CO)nc(NC3CCC(F)(F)CC3)n2)n1. The number of rotatable bonds is 4. The van der Waals surface area contributed by atoms with E-state index in [1.807, 2.05) is 13.0 Å². The lowest BCUT2D eigenvalue weighted by Crippen LogP contribution is -2.32. The third-order valence-electron chi connectivity index (χ3n) is 3.94. The number of halogens is 2. The lowest BCUT2D eigenvalue weighted by molar-refractivity contribution is -0.0361. The first-order valence-electron chi connectivity index (χ1n) is 7.61. The Balaban J connectivity index is 1.79. The van der Waals surface area contributed by atoms with Gasteiger partial charge in [0.15, 0.2) is 5.82 Å². The van der Waals surface area contributed by atoms with Crippen molar-refractivity contribution in [1.82, 2.24) is 19.7 Å². The smallest absolute Gasteiger partial charge is 0.248 e. The van der Waals surface area contributed by atoms with Crippen LogP contribution in [0.3, 0.4) is 0 Å². The number of hydrogen-bond donors (Lipinski definition) is 2. The summed E-state index contributed by atoms with van der Waals surface area (Å²) in [5.41, 5.74) is 1.30. The Morgan fingerprint density at radius 3 is 2.70 bits per heavy atom.